The summed E-state index contributed by atoms with van der Waals surface area (Å²) in [7, 11) is 0. The normalized spacial score (nSPS) is 16.6. The van der Waals surface area contributed by atoms with Crippen molar-refractivity contribution in [2.45, 2.75) is 32.2 Å². The second-order valence-electron chi connectivity index (χ2n) is 5.01. The summed E-state index contributed by atoms with van der Waals surface area (Å²) in [6, 6.07) is 3.75. The van der Waals surface area contributed by atoms with Gasteiger partial charge in [0.05, 0.1) is 0 Å². The number of rotatable bonds is 3. The van der Waals surface area contributed by atoms with E-state index >= 15 is 0 Å². The minimum Gasteiger partial charge on any atom is -0.341 e. The molecule has 1 aliphatic rings. The maximum Gasteiger partial charge on any atom is 0.268 e. The van der Waals surface area contributed by atoms with E-state index in [0.29, 0.717) is 0 Å². The number of pyridine rings is 1. The van der Waals surface area contributed by atoms with Crippen LogP contribution in [0.4, 0.5) is 0 Å². The molecule has 6 heteroatoms. The van der Waals surface area contributed by atoms with Gasteiger partial charge >= 0.3 is 0 Å². The number of nitrogens with one attached hydrogen (secondary N) is 2. The van der Waals surface area contributed by atoms with Crippen molar-refractivity contribution in [3.05, 3.63) is 34.2 Å². The van der Waals surface area contributed by atoms with E-state index in [4.69, 9.17) is 0 Å². The number of nitrogens with zero attached hydrogens (tertiary/aromatic N) is 1. The van der Waals surface area contributed by atoms with Gasteiger partial charge in [0.15, 0.2) is 0 Å². The first-order valence-electron chi connectivity index (χ1n) is 6.87. The van der Waals surface area contributed by atoms with Crippen molar-refractivity contribution in [1.29, 1.82) is 0 Å². The molecule has 0 spiro atoms. The minimum absolute atomic E-state index is 0.0728. The topological polar surface area (TPSA) is 82.3 Å². The van der Waals surface area contributed by atoms with Crippen LogP contribution in [0.1, 0.15) is 36.7 Å². The van der Waals surface area contributed by atoms with Crippen molar-refractivity contribution >= 4 is 11.8 Å². The van der Waals surface area contributed by atoms with Gasteiger partial charge in [0.25, 0.3) is 5.91 Å². The summed E-state index contributed by atoms with van der Waals surface area (Å²) < 4.78 is 0. The zero-order valence-corrected chi connectivity index (χ0v) is 11.5. The molecule has 1 aromatic heterocycles. The van der Waals surface area contributed by atoms with E-state index in [0.717, 1.165) is 32.4 Å². The smallest absolute Gasteiger partial charge is 0.268 e. The Bertz CT molecular complexity index is 547. The van der Waals surface area contributed by atoms with E-state index in [-0.39, 0.29) is 17.2 Å². The summed E-state index contributed by atoms with van der Waals surface area (Å²) >= 11 is 0. The maximum atomic E-state index is 12.2. The molecule has 1 atom stereocenters. The molecule has 20 heavy (non-hydrogen) atoms. The van der Waals surface area contributed by atoms with E-state index in [1.165, 1.54) is 18.2 Å². The summed E-state index contributed by atoms with van der Waals surface area (Å²) in [5.74, 6) is -0.517. The molecular weight excluding hydrogens is 258 g/mol. The highest BCUT2D eigenvalue weighted by Gasteiger charge is 2.23. The molecule has 1 aliphatic heterocycles. The Morgan fingerprint density at radius 1 is 1.25 bits per heavy atom. The fourth-order valence-electron chi connectivity index (χ4n) is 2.30. The number of aromatic amines is 1. The molecular formula is C14H19N3O3. The summed E-state index contributed by atoms with van der Waals surface area (Å²) in [5.41, 5.74) is -0.177. The number of likely N-dealkylation sites (tertiary alicyclic amines) is 1. The molecule has 0 bridgehead atoms. The fourth-order valence-corrected chi connectivity index (χ4v) is 2.30. The Kier molecular flexibility index (Phi) is 4.55. The average molecular weight is 277 g/mol. The molecule has 2 amide bonds. The van der Waals surface area contributed by atoms with Crippen LogP contribution >= 0.6 is 0 Å². The van der Waals surface area contributed by atoms with Crippen molar-refractivity contribution < 1.29 is 9.59 Å². The van der Waals surface area contributed by atoms with Crippen molar-refractivity contribution in [3.8, 4) is 0 Å². The summed E-state index contributed by atoms with van der Waals surface area (Å²) in [4.78, 5) is 39.5. The Balaban J connectivity index is 1.96. The summed E-state index contributed by atoms with van der Waals surface area (Å²) in [5, 5.41) is 2.62. The Labute approximate surface area is 117 Å². The van der Waals surface area contributed by atoms with E-state index in [9.17, 15) is 14.4 Å². The number of hydrogen-bond acceptors (Lipinski definition) is 3. The predicted molar refractivity (Wildman–Crippen MR) is 74.4 cm³/mol. The summed E-state index contributed by atoms with van der Waals surface area (Å²) in [6.45, 7) is 3.16. The van der Waals surface area contributed by atoms with E-state index in [1.807, 2.05) is 0 Å². The number of piperidine rings is 1. The zero-order chi connectivity index (χ0) is 14.5. The third-order valence-electron chi connectivity index (χ3n) is 3.40. The van der Waals surface area contributed by atoms with Gasteiger partial charge in [-0.05, 0) is 32.3 Å². The number of carbonyl (C=O) groups is 2. The number of hydrogen-bond donors (Lipinski definition) is 2. The quantitative estimate of drug-likeness (QED) is 0.844. The molecule has 1 aromatic rings. The highest BCUT2D eigenvalue weighted by molar-refractivity contribution is 5.95. The lowest BCUT2D eigenvalue weighted by Crippen LogP contribution is -2.48. The van der Waals surface area contributed by atoms with Gasteiger partial charge in [0, 0.05) is 19.2 Å². The Morgan fingerprint density at radius 2 is 1.95 bits per heavy atom. The third kappa shape index (κ3) is 3.46. The first kappa shape index (κ1) is 14.3. The number of aromatic nitrogens is 1. The van der Waals surface area contributed by atoms with Crippen LogP contribution in [0.15, 0.2) is 23.0 Å². The minimum atomic E-state index is -0.593. The first-order chi connectivity index (χ1) is 9.58. The highest BCUT2D eigenvalue weighted by atomic mass is 16.2. The molecule has 0 aromatic carbocycles. The van der Waals surface area contributed by atoms with Crippen LogP contribution in [0.25, 0.3) is 0 Å². The Morgan fingerprint density at radius 3 is 2.60 bits per heavy atom. The molecule has 2 heterocycles. The number of amides is 2. The standard InChI is InChI=1S/C14H19N3O3/c1-10(14(20)17-8-3-2-4-9-17)15-13(19)11-6-5-7-12(18)16-11/h5-7,10H,2-4,8-9H2,1H3,(H,15,19)(H,16,18). The second-order valence-corrected chi connectivity index (χ2v) is 5.01. The Hall–Kier alpha value is -2.11. The van der Waals surface area contributed by atoms with Crippen LogP contribution in [-0.4, -0.2) is 40.8 Å². The van der Waals surface area contributed by atoms with E-state index in [2.05, 4.69) is 10.3 Å². The van der Waals surface area contributed by atoms with Gasteiger partial charge in [-0.2, -0.15) is 0 Å². The van der Waals surface area contributed by atoms with E-state index < -0.39 is 11.9 Å². The number of carbonyl (C=O) groups excluding carboxylic acids is 2. The van der Waals surface area contributed by atoms with Gasteiger partial charge in [-0.1, -0.05) is 6.07 Å². The van der Waals surface area contributed by atoms with Gasteiger partial charge in [0.1, 0.15) is 11.7 Å². The van der Waals surface area contributed by atoms with Crippen molar-refractivity contribution in [2.75, 3.05) is 13.1 Å². The molecule has 0 aliphatic carbocycles. The first-order valence-corrected chi connectivity index (χ1v) is 6.87. The van der Waals surface area contributed by atoms with Crippen LogP contribution in [0.3, 0.4) is 0 Å². The lowest BCUT2D eigenvalue weighted by atomic mass is 10.1. The van der Waals surface area contributed by atoms with E-state index in [1.54, 1.807) is 11.8 Å². The monoisotopic (exact) mass is 277 g/mol. The zero-order valence-electron chi connectivity index (χ0n) is 11.5. The lowest BCUT2D eigenvalue weighted by molar-refractivity contribution is -0.133. The van der Waals surface area contributed by atoms with Gasteiger partial charge in [-0.3, -0.25) is 14.4 Å². The van der Waals surface area contributed by atoms with Crippen LogP contribution < -0.4 is 10.9 Å². The van der Waals surface area contributed by atoms with Crippen molar-refractivity contribution in [2.24, 2.45) is 0 Å². The van der Waals surface area contributed by atoms with Gasteiger partial charge < -0.3 is 15.2 Å². The fraction of sp³-hybridized carbons (Fsp3) is 0.500. The third-order valence-corrected chi connectivity index (χ3v) is 3.40. The molecule has 108 valence electrons. The largest absolute Gasteiger partial charge is 0.341 e. The summed E-state index contributed by atoms with van der Waals surface area (Å²) in [6.07, 6.45) is 3.17. The molecule has 0 radical (unpaired) electrons. The molecule has 1 fully saturated rings. The highest BCUT2D eigenvalue weighted by Crippen LogP contribution is 2.10. The van der Waals surface area contributed by atoms with Crippen LogP contribution in [0.2, 0.25) is 0 Å². The average Bonchev–Trinajstić information content (AvgIpc) is 2.47. The molecule has 1 unspecified atom stereocenters. The van der Waals surface area contributed by atoms with Gasteiger partial charge in [0.2, 0.25) is 11.5 Å². The van der Waals surface area contributed by atoms with Crippen molar-refractivity contribution in [1.82, 2.24) is 15.2 Å². The van der Waals surface area contributed by atoms with Crippen molar-refractivity contribution in [3.63, 3.8) is 0 Å². The van der Waals surface area contributed by atoms with Crippen LogP contribution in [-0.2, 0) is 4.79 Å². The molecule has 1 saturated heterocycles. The lowest BCUT2D eigenvalue weighted by Gasteiger charge is -2.29. The number of H-pyrrole nitrogens is 1. The molecule has 0 saturated carbocycles. The van der Waals surface area contributed by atoms with Gasteiger partial charge in [-0.15, -0.1) is 0 Å². The molecule has 2 rings (SSSR count). The van der Waals surface area contributed by atoms with Crippen LogP contribution in [0, 0.1) is 0 Å². The molecule has 6 nitrogen and oxygen atoms in total. The predicted octanol–water partition coefficient (Wildman–Crippen LogP) is 0.506. The SMILES string of the molecule is CC(NC(=O)c1cccc(=O)[nH]1)C(=O)N1CCCCC1. The van der Waals surface area contributed by atoms with Gasteiger partial charge in [-0.25, -0.2) is 0 Å². The van der Waals surface area contributed by atoms with Crippen LogP contribution in [0.5, 0.6) is 0 Å². The molecule has 2 N–H and O–H groups in total. The second kappa shape index (κ2) is 6.36. The maximum absolute atomic E-state index is 12.2.